The van der Waals surface area contributed by atoms with Crippen LogP contribution in [0.2, 0.25) is 5.02 Å². The first-order valence-electron chi connectivity index (χ1n) is 6.60. The van der Waals surface area contributed by atoms with Crippen LogP contribution in [0.5, 0.6) is 0 Å². The van der Waals surface area contributed by atoms with Gasteiger partial charge in [0.25, 0.3) is 5.69 Å². The Bertz CT molecular complexity index is 548. The molecular weight excluding hydrogens is 278 g/mol. The third-order valence-electron chi connectivity index (χ3n) is 3.79. The summed E-state index contributed by atoms with van der Waals surface area (Å²) in [6.07, 6.45) is 2.10. The van der Waals surface area contributed by atoms with Gasteiger partial charge in [-0.25, -0.2) is 0 Å². The highest BCUT2D eigenvalue weighted by atomic mass is 35.5. The summed E-state index contributed by atoms with van der Waals surface area (Å²) in [4.78, 5) is 12.5. The van der Waals surface area contributed by atoms with Crippen molar-refractivity contribution in [2.45, 2.75) is 25.8 Å². The van der Waals surface area contributed by atoms with E-state index in [1.807, 2.05) is 0 Å². The molecule has 0 amide bonds. The highest BCUT2D eigenvalue weighted by molar-refractivity contribution is 6.32. The predicted octanol–water partition coefficient (Wildman–Crippen LogP) is 3.54. The standard InChI is InChI=1S/C14H16ClN3O2/c1-10-4-6-17(7-5-10)14(9-16)11-2-3-12(15)13(8-11)18(19)20/h2-3,8,10,14H,4-7H2,1H3. The van der Waals surface area contributed by atoms with Crippen molar-refractivity contribution in [3.05, 3.63) is 38.9 Å². The minimum absolute atomic E-state index is 0.0997. The van der Waals surface area contributed by atoms with Crippen LogP contribution in [-0.2, 0) is 0 Å². The van der Waals surface area contributed by atoms with Crippen molar-refractivity contribution in [3.63, 3.8) is 0 Å². The fourth-order valence-corrected chi connectivity index (χ4v) is 2.68. The SMILES string of the molecule is CC1CCN(C(C#N)c2ccc(Cl)c([N+](=O)[O-])c2)CC1. The van der Waals surface area contributed by atoms with Gasteiger partial charge >= 0.3 is 0 Å². The number of likely N-dealkylation sites (tertiary alicyclic amines) is 1. The van der Waals surface area contributed by atoms with Crippen molar-refractivity contribution in [3.8, 4) is 6.07 Å². The first-order valence-corrected chi connectivity index (χ1v) is 6.98. The third kappa shape index (κ3) is 3.09. The second-order valence-corrected chi connectivity index (χ2v) is 5.63. The minimum atomic E-state index is -0.515. The monoisotopic (exact) mass is 293 g/mol. The molecule has 1 aromatic rings. The molecule has 1 fully saturated rings. The summed E-state index contributed by atoms with van der Waals surface area (Å²) in [6.45, 7) is 3.89. The van der Waals surface area contributed by atoms with Crippen molar-refractivity contribution in [2.75, 3.05) is 13.1 Å². The number of rotatable bonds is 3. The van der Waals surface area contributed by atoms with E-state index < -0.39 is 11.0 Å². The molecule has 106 valence electrons. The summed E-state index contributed by atoms with van der Waals surface area (Å²) in [6, 6.07) is 6.40. The lowest BCUT2D eigenvalue weighted by molar-refractivity contribution is -0.384. The van der Waals surface area contributed by atoms with Crippen LogP contribution in [-0.4, -0.2) is 22.9 Å². The normalized spacial score (nSPS) is 18.4. The second kappa shape index (κ2) is 6.21. The van der Waals surface area contributed by atoms with Gasteiger partial charge in [0, 0.05) is 6.07 Å². The molecule has 0 spiro atoms. The fraction of sp³-hybridized carbons (Fsp3) is 0.500. The topological polar surface area (TPSA) is 70.2 Å². The lowest BCUT2D eigenvalue weighted by Crippen LogP contribution is -2.35. The second-order valence-electron chi connectivity index (χ2n) is 5.22. The number of nitro benzene ring substituents is 1. The van der Waals surface area contributed by atoms with E-state index in [1.54, 1.807) is 6.07 Å². The Kier molecular flexibility index (Phi) is 4.58. The van der Waals surface area contributed by atoms with E-state index in [2.05, 4.69) is 17.9 Å². The van der Waals surface area contributed by atoms with Crippen molar-refractivity contribution in [1.29, 1.82) is 5.26 Å². The molecule has 2 rings (SSSR count). The van der Waals surface area contributed by atoms with Crippen LogP contribution in [0.25, 0.3) is 0 Å². The zero-order valence-electron chi connectivity index (χ0n) is 11.3. The van der Waals surface area contributed by atoms with Crippen LogP contribution >= 0.6 is 11.6 Å². The predicted molar refractivity (Wildman–Crippen MR) is 76.4 cm³/mol. The Morgan fingerprint density at radius 3 is 2.70 bits per heavy atom. The molecule has 1 aromatic carbocycles. The summed E-state index contributed by atoms with van der Waals surface area (Å²) < 4.78 is 0. The molecule has 6 heteroatoms. The van der Waals surface area contributed by atoms with Gasteiger partial charge in [0.05, 0.1) is 11.0 Å². The van der Waals surface area contributed by atoms with Crippen LogP contribution in [0.4, 0.5) is 5.69 Å². The Labute approximate surface area is 122 Å². The summed E-state index contributed by atoms with van der Waals surface area (Å²) in [7, 11) is 0. The molecule has 1 saturated heterocycles. The number of benzene rings is 1. The van der Waals surface area contributed by atoms with Crippen molar-refractivity contribution >= 4 is 17.3 Å². The van der Waals surface area contributed by atoms with Gasteiger partial charge in [-0.05, 0) is 43.5 Å². The van der Waals surface area contributed by atoms with E-state index in [1.165, 1.54) is 12.1 Å². The van der Waals surface area contributed by atoms with E-state index in [-0.39, 0.29) is 10.7 Å². The summed E-state index contributed by atoms with van der Waals surface area (Å²) in [5.74, 6) is 0.671. The highest BCUT2D eigenvalue weighted by Gasteiger charge is 2.26. The van der Waals surface area contributed by atoms with E-state index in [0.717, 1.165) is 25.9 Å². The van der Waals surface area contributed by atoms with Crippen molar-refractivity contribution < 1.29 is 4.92 Å². The van der Waals surface area contributed by atoms with Crippen molar-refractivity contribution in [2.24, 2.45) is 5.92 Å². The average Bonchev–Trinajstić information content (AvgIpc) is 2.43. The Morgan fingerprint density at radius 1 is 1.50 bits per heavy atom. The van der Waals surface area contributed by atoms with Crippen LogP contribution in [0.1, 0.15) is 31.4 Å². The molecular formula is C14H16ClN3O2. The first-order chi connectivity index (χ1) is 9.52. The number of hydrogen-bond donors (Lipinski definition) is 0. The molecule has 1 unspecified atom stereocenters. The molecule has 0 aliphatic carbocycles. The van der Waals surface area contributed by atoms with Gasteiger partial charge in [-0.2, -0.15) is 5.26 Å². The molecule has 0 saturated carbocycles. The molecule has 1 aliphatic heterocycles. The van der Waals surface area contributed by atoms with E-state index in [0.29, 0.717) is 11.5 Å². The molecule has 0 radical (unpaired) electrons. The first kappa shape index (κ1) is 14.8. The largest absolute Gasteiger partial charge is 0.288 e. The molecule has 20 heavy (non-hydrogen) atoms. The Morgan fingerprint density at radius 2 is 2.15 bits per heavy atom. The Balaban J connectivity index is 2.26. The maximum Gasteiger partial charge on any atom is 0.288 e. The summed E-state index contributed by atoms with van der Waals surface area (Å²) >= 11 is 5.81. The molecule has 1 aliphatic rings. The van der Waals surface area contributed by atoms with Gasteiger partial charge in [0.15, 0.2) is 0 Å². The molecule has 0 N–H and O–H groups in total. The molecule has 0 aromatic heterocycles. The Hall–Kier alpha value is -1.64. The zero-order chi connectivity index (χ0) is 14.7. The zero-order valence-corrected chi connectivity index (χ0v) is 12.0. The number of piperidine rings is 1. The number of nitriles is 1. The molecule has 1 heterocycles. The van der Waals surface area contributed by atoms with Crippen molar-refractivity contribution in [1.82, 2.24) is 4.90 Å². The van der Waals surface area contributed by atoms with Gasteiger partial charge in [-0.1, -0.05) is 24.6 Å². The van der Waals surface area contributed by atoms with E-state index in [4.69, 9.17) is 11.6 Å². The van der Waals surface area contributed by atoms with E-state index in [9.17, 15) is 15.4 Å². The smallest absolute Gasteiger partial charge is 0.284 e. The lowest BCUT2D eigenvalue weighted by atomic mass is 9.96. The van der Waals surface area contributed by atoms with Crippen LogP contribution in [0, 0.1) is 27.4 Å². The third-order valence-corrected chi connectivity index (χ3v) is 4.11. The van der Waals surface area contributed by atoms with Crippen LogP contribution in [0.15, 0.2) is 18.2 Å². The van der Waals surface area contributed by atoms with Crippen LogP contribution < -0.4 is 0 Å². The lowest BCUT2D eigenvalue weighted by Gasteiger charge is -2.33. The molecule has 1 atom stereocenters. The minimum Gasteiger partial charge on any atom is -0.284 e. The summed E-state index contributed by atoms with van der Waals surface area (Å²) in [5, 5.41) is 20.4. The van der Waals surface area contributed by atoms with Gasteiger partial charge in [0.2, 0.25) is 0 Å². The average molecular weight is 294 g/mol. The van der Waals surface area contributed by atoms with Gasteiger partial charge in [-0.3, -0.25) is 15.0 Å². The molecule has 0 bridgehead atoms. The number of nitro groups is 1. The number of halogens is 1. The molecule has 5 nitrogen and oxygen atoms in total. The maximum absolute atomic E-state index is 10.9. The van der Waals surface area contributed by atoms with Gasteiger partial charge < -0.3 is 0 Å². The number of hydrogen-bond acceptors (Lipinski definition) is 4. The highest BCUT2D eigenvalue weighted by Crippen LogP contribution is 2.31. The summed E-state index contributed by atoms with van der Waals surface area (Å²) in [5.41, 5.74) is 0.493. The quantitative estimate of drug-likeness (QED) is 0.631. The van der Waals surface area contributed by atoms with Gasteiger partial charge in [0.1, 0.15) is 11.1 Å². The van der Waals surface area contributed by atoms with Crippen LogP contribution in [0.3, 0.4) is 0 Å². The van der Waals surface area contributed by atoms with E-state index >= 15 is 0 Å². The fourth-order valence-electron chi connectivity index (χ4n) is 2.49. The maximum atomic E-state index is 10.9. The van der Waals surface area contributed by atoms with Gasteiger partial charge in [-0.15, -0.1) is 0 Å². The number of nitrogens with zero attached hydrogens (tertiary/aromatic N) is 3.